The molecule has 0 saturated heterocycles. The van der Waals surface area contributed by atoms with Gasteiger partial charge in [-0.1, -0.05) is 34.8 Å². The maximum atomic E-state index is 13.0. The van der Waals surface area contributed by atoms with E-state index in [0.717, 1.165) is 0 Å². The van der Waals surface area contributed by atoms with Crippen LogP contribution in [0.15, 0.2) is 53.1 Å². The van der Waals surface area contributed by atoms with Gasteiger partial charge in [-0.3, -0.25) is 14.4 Å². The van der Waals surface area contributed by atoms with Crippen LogP contribution in [0, 0.1) is 0 Å². The molecule has 1 aliphatic rings. The van der Waals surface area contributed by atoms with E-state index < -0.39 is 30.4 Å². The van der Waals surface area contributed by atoms with Crippen LogP contribution >= 0.6 is 34.8 Å². The SMILES string of the molecule is O=C(NC[C@H](NC(=O)c1c(Cl)cc2c(c1Cl)CCN(C(=O)c1ccc(Cl)cc1)C2)C(=O)O)c1ccco1. The predicted octanol–water partition coefficient (Wildman–Crippen LogP) is 4.05. The predicted molar refractivity (Wildman–Crippen MR) is 136 cm³/mol. The van der Waals surface area contributed by atoms with Gasteiger partial charge in [0.25, 0.3) is 17.7 Å². The second-order valence-corrected chi connectivity index (χ2v) is 9.44. The highest BCUT2D eigenvalue weighted by Gasteiger charge is 2.30. The highest BCUT2D eigenvalue weighted by atomic mass is 35.5. The van der Waals surface area contributed by atoms with Crippen molar-refractivity contribution in [3.8, 4) is 0 Å². The van der Waals surface area contributed by atoms with Gasteiger partial charge in [0.15, 0.2) is 5.76 Å². The van der Waals surface area contributed by atoms with Crippen LogP contribution in [0.3, 0.4) is 0 Å². The summed E-state index contributed by atoms with van der Waals surface area (Å²) in [6.07, 6.45) is 1.67. The van der Waals surface area contributed by atoms with Gasteiger partial charge in [0.05, 0.1) is 21.9 Å². The molecule has 0 spiro atoms. The van der Waals surface area contributed by atoms with Crippen molar-refractivity contribution in [2.24, 2.45) is 0 Å². The van der Waals surface area contributed by atoms with Crippen molar-refractivity contribution in [3.63, 3.8) is 0 Å². The molecule has 37 heavy (non-hydrogen) atoms. The summed E-state index contributed by atoms with van der Waals surface area (Å²) in [5.41, 5.74) is 1.73. The van der Waals surface area contributed by atoms with E-state index in [0.29, 0.717) is 34.7 Å². The van der Waals surface area contributed by atoms with Gasteiger partial charge in [0.2, 0.25) is 0 Å². The number of fused-ring (bicyclic) bond motifs is 1. The third kappa shape index (κ3) is 5.90. The Morgan fingerprint density at radius 1 is 1.05 bits per heavy atom. The standard InChI is InChI=1S/C25H20Cl3N3O6/c26-15-5-3-13(4-6-15)24(34)31-8-7-16-14(12-31)10-17(27)20(21(16)28)23(33)30-18(25(35)36)11-29-22(32)19-2-1-9-37-19/h1-6,9-10,18H,7-8,11-12H2,(H,29,32)(H,30,33)(H,35,36)/t18-/m0/s1. The Morgan fingerprint density at radius 2 is 1.78 bits per heavy atom. The zero-order chi connectivity index (χ0) is 26.7. The number of rotatable bonds is 7. The van der Waals surface area contributed by atoms with Crippen molar-refractivity contribution in [1.82, 2.24) is 15.5 Å². The number of carbonyl (C=O) groups is 4. The molecule has 12 heteroatoms. The number of hydrogen-bond acceptors (Lipinski definition) is 5. The monoisotopic (exact) mass is 563 g/mol. The largest absolute Gasteiger partial charge is 0.480 e. The average Bonchev–Trinajstić information content (AvgIpc) is 3.41. The molecule has 9 nitrogen and oxygen atoms in total. The zero-order valence-electron chi connectivity index (χ0n) is 19.1. The molecule has 4 rings (SSSR count). The van der Waals surface area contributed by atoms with Crippen molar-refractivity contribution in [3.05, 3.63) is 91.8 Å². The third-order valence-electron chi connectivity index (χ3n) is 5.83. The second-order valence-electron chi connectivity index (χ2n) is 8.22. The molecule has 3 aromatic rings. The maximum absolute atomic E-state index is 13.0. The first-order valence-corrected chi connectivity index (χ1v) is 12.2. The van der Waals surface area contributed by atoms with E-state index in [2.05, 4.69) is 10.6 Å². The summed E-state index contributed by atoms with van der Waals surface area (Å²) in [6, 6.07) is 9.58. The lowest BCUT2D eigenvalue weighted by Gasteiger charge is -2.30. The number of carbonyl (C=O) groups excluding carboxylic acids is 3. The van der Waals surface area contributed by atoms with Gasteiger partial charge in [0.1, 0.15) is 6.04 Å². The summed E-state index contributed by atoms with van der Waals surface area (Å²) in [5, 5.41) is 14.9. The van der Waals surface area contributed by atoms with Crippen LogP contribution in [-0.4, -0.2) is 52.8 Å². The third-order valence-corrected chi connectivity index (χ3v) is 6.79. The summed E-state index contributed by atoms with van der Waals surface area (Å²) >= 11 is 18.8. The summed E-state index contributed by atoms with van der Waals surface area (Å²) < 4.78 is 4.96. The van der Waals surface area contributed by atoms with E-state index in [9.17, 15) is 24.3 Å². The Labute approximate surface area is 226 Å². The number of carboxylic acids is 1. The first kappa shape index (κ1) is 26.5. The summed E-state index contributed by atoms with van der Waals surface area (Å²) in [5.74, 6) is -2.99. The molecule has 2 heterocycles. The Kier molecular flexibility index (Phi) is 8.06. The average molecular weight is 565 g/mol. The van der Waals surface area contributed by atoms with Crippen molar-refractivity contribution in [1.29, 1.82) is 0 Å². The minimum absolute atomic E-state index is 0.000158. The Morgan fingerprint density at radius 3 is 2.43 bits per heavy atom. The number of nitrogens with one attached hydrogen (secondary N) is 2. The highest BCUT2D eigenvalue weighted by molar-refractivity contribution is 6.40. The number of halogens is 3. The molecular formula is C25H20Cl3N3O6. The smallest absolute Gasteiger partial charge is 0.328 e. The van der Waals surface area contributed by atoms with Crippen molar-refractivity contribution in [2.45, 2.75) is 19.0 Å². The van der Waals surface area contributed by atoms with Gasteiger partial charge < -0.3 is 25.1 Å². The van der Waals surface area contributed by atoms with E-state index >= 15 is 0 Å². The number of aliphatic carboxylic acids is 1. The second kappa shape index (κ2) is 11.2. The molecule has 0 fully saturated rings. The topological polar surface area (TPSA) is 129 Å². The maximum Gasteiger partial charge on any atom is 0.328 e. The van der Waals surface area contributed by atoms with Gasteiger partial charge in [-0.2, -0.15) is 0 Å². The van der Waals surface area contributed by atoms with E-state index in [1.54, 1.807) is 35.2 Å². The first-order chi connectivity index (χ1) is 17.7. The lowest BCUT2D eigenvalue weighted by Crippen LogP contribution is -2.48. The number of amides is 3. The number of furan rings is 1. The molecule has 2 aromatic carbocycles. The van der Waals surface area contributed by atoms with Gasteiger partial charge in [-0.15, -0.1) is 0 Å². The Hall–Kier alpha value is -3.53. The molecule has 0 unspecified atom stereocenters. The van der Waals surface area contributed by atoms with Crippen LogP contribution in [0.1, 0.15) is 42.4 Å². The minimum atomic E-state index is -1.46. The lowest BCUT2D eigenvalue weighted by molar-refractivity contribution is -0.139. The highest BCUT2D eigenvalue weighted by Crippen LogP contribution is 2.35. The fourth-order valence-electron chi connectivity index (χ4n) is 3.93. The van der Waals surface area contributed by atoms with E-state index in [-0.39, 0.29) is 33.8 Å². The zero-order valence-corrected chi connectivity index (χ0v) is 21.4. The van der Waals surface area contributed by atoms with Crippen LogP contribution in [0.5, 0.6) is 0 Å². The quantitative estimate of drug-likeness (QED) is 0.397. The summed E-state index contributed by atoms with van der Waals surface area (Å²) in [7, 11) is 0. The van der Waals surface area contributed by atoms with Crippen LogP contribution in [0.2, 0.25) is 15.1 Å². The molecule has 1 aromatic heterocycles. The summed E-state index contributed by atoms with van der Waals surface area (Å²) in [6.45, 7) is 0.185. The van der Waals surface area contributed by atoms with E-state index in [4.69, 9.17) is 39.2 Å². The van der Waals surface area contributed by atoms with Crippen molar-refractivity contribution >= 4 is 58.5 Å². The van der Waals surface area contributed by atoms with Crippen LogP contribution in [0.4, 0.5) is 0 Å². The van der Waals surface area contributed by atoms with E-state index in [1.165, 1.54) is 18.4 Å². The lowest BCUT2D eigenvalue weighted by atomic mass is 9.96. The summed E-state index contributed by atoms with van der Waals surface area (Å²) in [4.78, 5) is 51.3. The Balaban J connectivity index is 1.48. The molecule has 0 aliphatic carbocycles. The first-order valence-electron chi connectivity index (χ1n) is 11.1. The molecule has 0 saturated carbocycles. The minimum Gasteiger partial charge on any atom is -0.480 e. The normalized spacial score (nSPS) is 13.4. The van der Waals surface area contributed by atoms with Crippen LogP contribution in [-0.2, 0) is 17.8 Å². The number of nitrogens with zero attached hydrogens (tertiary/aromatic N) is 1. The van der Waals surface area contributed by atoms with Crippen LogP contribution in [0.25, 0.3) is 0 Å². The fourth-order valence-corrected chi connectivity index (χ4v) is 4.82. The molecular weight excluding hydrogens is 545 g/mol. The molecule has 192 valence electrons. The molecule has 0 radical (unpaired) electrons. The van der Waals surface area contributed by atoms with Crippen molar-refractivity contribution in [2.75, 3.05) is 13.1 Å². The van der Waals surface area contributed by atoms with Gasteiger partial charge in [-0.25, -0.2) is 4.79 Å². The molecule has 1 aliphatic heterocycles. The molecule has 3 N–H and O–H groups in total. The van der Waals surface area contributed by atoms with Crippen molar-refractivity contribution < 1.29 is 28.7 Å². The van der Waals surface area contributed by atoms with Gasteiger partial charge >= 0.3 is 5.97 Å². The van der Waals surface area contributed by atoms with E-state index in [1.807, 2.05) is 0 Å². The Bertz CT molecular complexity index is 1360. The molecule has 3 amide bonds. The number of hydrogen-bond donors (Lipinski definition) is 3. The van der Waals surface area contributed by atoms with Crippen LogP contribution < -0.4 is 10.6 Å². The van der Waals surface area contributed by atoms with Gasteiger partial charge in [0, 0.05) is 30.2 Å². The molecule has 0 bridgehead atoms. The fraction of sp³-hybridized carbons (Fsp3) is 0.200. The van der Waals surface area contributed by atoms with Gasteiger partial charge in [-0.05, 0) is 60.0 Å². The molecule has 1 atom stereocenters. The number of carboxylic acid groups (broad SMARTS) is 1. The number of benzene rings is 2.